The number of likely N-dealkylation sites (tertiary alicyclic amines) is 1. The Balaban J connectivity index is 1.97. The van der Waals surface area contributed by atoms with Crippen LogP contribution in [0.3, 0.4) is 0 Å². The highest BCUT2D eigenvalue weighted by Crippen LogP contribution is 2.25. The summed E-state index contributed by atoms with van der Waals surface area (Å²) in [5.41, 5.74) is 1.22. The van der Waals surface area contributed by atoms with E-state index in [1.165, 1.54) is 12.7 Å². The Bertz CT molecular complexity index is 464. The number of pyridine rings is 1. The second-order valence-electron chi connectivity index (χ2n) is 5.38. The fourth-order valence-electron chi connectivity index (χ4n) is 2.76. The van der Waals surface area contributed by atoms with Gasteiger partial charge in [0.25, 0.3) is 0 Å². The maximum atomic E-state index is 11.7. The molecule has 5 nitrogen and oxygen atoms in total. The number of methoxy groups -OCH3 is 1. The molecule has 110 valence electrons. The third kappa shape index (κ3) is 3.48. The Morgan fingerprint density at radius 1 is 1.55 bits per heavy atom. The van der Waals surface area contributed by atoms with E-state index in [-0.39, 0.29) is 11.9 Å². The Morgan fingerprint density at radius 3 is 3.05 bits per heavy atom. The zero-order chi connectivity index (χ0) is 14.5. The van der Waals surface area contributed by atoms with E-state index in [9.17, 15) is 4.79 Å². The van der Waals surface area contributed by atoms with Crippen LogP contribution in [0, 0.1) is 11.8 Å². The number of hydrogen-bond acceptors (Lipinski definition) is 5. The van der Waals surface area contributed by atoms with E-state index < -0.39 is 0 Å². The summed E-state index contributed by atoms with van der Waals surface area (Å²) in [5, 5.41) is 3.21. The molecule has 1 aliphatic rings. The molecule has 1 aromatic rings. The van der Waals surface area contributed by atoms with Gasteiger partial charge in [-0.1, -0.05) is 6.92 Å². The molecule has 0 amide bonds. The number of rotatable bonds is 5. The third-order valence-corrected chi connectivity index (χ3v) is 3.78. The number of nitrogens with one attached hydrogen (secondary N) is 1. The van der Waals surface area contributed by atoms with Crippen molar-refractivity contribution < 1.29 is 9.53 Å². The molecule has 1 N–H and O–H groups in total. The van der Waals surface area contributed by atoms with Gasteiger partial charge in [0.15, 0.2) is 0 Å². The van der Waals surface area contributed by atoms with Crippen molar-refractivity contribution in [1.29, 1.82) is 0 Å². The highest BCUT2D eigenvalue weighted by Gasteiger charge is 2.35. The summed E-state index contributed by atoms with van der Waals surface area (Å²) in [6, 6.07) is 4.09. The summed E-state index contributed by atoms with van der Waals surface area (Å²) >= 11 is 0. The van der Waals surface area contributed by atoms with E-state index in [4.69, 9.17) is 4.74 Å². The van der Waals surface area contributed by atoms with Crippen LogP contribution in [-0.2, 0) is 16.1 Å². The third-order valence-electron chi connectivity index (χ3n) is 3.78. The maximum Gasteiger partial charge on any atom is 0.310 e. The lowest BCUT2D eigenvalue weighted by molar-refractivity contribution is -0.146. The molecule has 1 fully saturated rings. The zero-order valence-electron chi connectivity index (χ0n) is 12.4. The van der Waals surface area contributed by atoms with Crippen molar-refractivity contribution in [1.82, 2.24) is 9.88 Å². The van der Waals surface area contributed by atoms with Crippen LogP contribution < -0.4 is 5.32 Å². The van der Waals surface area contributed by atoms with Crippen LogP contribution in [0.2, 0.25) is 0 Å². The first-order chi connectivity index (χ1) is 9.63. The van der Waals surface area contributed by atoms with Gasteiger partial charge in [0.2, 0.25) is 0 Å². The van der Waals surface area contributed by atoms with E-state index in [0.29, 0.717) is 5.92 Å². The molecule has 0 radical (unpaired) electrons. The molecule has 1 saturated heterocycles. The van der Waals surface area contributed by atoms with Gasteiger partial charge in [0.05, 0.1) is 13.0 Å². The first-order valence-electron chi connectivity index (χ1n) is 7.13. The van der Waals surface area contributed by atoms with Crippen molar-refractivity contribution in [2.75, 3.05) is 32.1 Å². The minimum Gasteiger partial charge on any atom is -0.469 e. The van der Waals surface area contributed by atoms with Crippen LogP contribution in [0.1, 0.15) is 19.4 Å². The van der Waals surface area contributed by atoms with Crippen molar-refractivity contribution in [3.63, 3.8) is 0 Å². The topological polar surface area (TPSA) is 54.5 Å². The molecule has 2 unspecified atom stereocenters. The standard InChI is InChI=1S/C15H23N3O2/c1-4-16-14-7-12(5-6-17-14)9-18-8-11(2)13(10-18)15(19)20-3/h5-7,11,13H,4,8-10H2,1-3H3,(H,16,17). The van der Waals surface area contributed by atoms with Crippen LogP contribution in [0.5, 0.6) is 0 Å². The number of carbonyl (C=O) groups excluding carboxylic acids is 1. The average molecular weight is 277 g/mol. The first kappa shape index (κ1) is 14.8. The molecule has 2 heterocycles. The lowest BCUT2D eigenvalue weighted by atomic mass is 9.99. The predicted octanol–water partition coefficient (Wildman–Crippen LogP) is 1.75. The Kier molecular flexibility index (Phi) is 4.95. The fourth-order valence-corrected chi connectivity index (χ4v) is 2.76. The molecule has 0 aromatic carbocycles. The SMILES string of the molecule is CCNc1cc(CN2CC(C)C(C(=O)OC)C2)ccn1. The van der Waals surface area contributed by atoms with Gasteiger partial charge in [0, 0.05) is 32.4 Å². The smallest absolute Gasteiger partial charge is 0.310 e. The van der Waals surface area contributed by atoms with Crippen molar-refractivity contribution in [3.8, 4) is 0 Å². The molecule has 2 atom stereocenters. The van der Waals surface area contributed by atoms with Gasteiger partial charge in [-0.25, -0.2) is 4.98 Å². The molecule has 2 rings (SSSR count). The Hall–Kier alpha value is -1.62. The van der Waals surface area contributed by atoms with Gasteiger partial charge >= 0.3 is 5.97 Å². The second-order valence-corrected chi connectivity index (χ2v) is 5.38. The average Bonchev–Trinajstić information content (AvgIpc) is 2.79. The number of aromatic nitrogens is 1. The van der Waals surface area contributed by atoms with E-state index in [1.54, 1.807) is 0 Å². The molecule has 0 saturated carbocycles. The molecule has 0 aliphatic carbocycles. The summed E-state index contributed by atoms with van der Waals surface area (Å²) in [5.74, 6) is 1.15. The molecular weight excluding hydrogens is 254 g/mol. The van der Waals surface area contributed by atoms with Crippen LogP contribution in [-0.4, -0.2) is 42.6 Å². The highest BCUT2D eigenvalue weighted by atomic mass is 16.5. The fraction of sp³-hybridized carbons (Fsp3) is 0.600. The number of carbonyl (C=O) groups is 1. The molecule has 1 aliphatic heterocycles. The summed E-state index contributed by atoms with van der Waals surface area (Å²) in [7, 11) is 1.46. The summed E-state index contributed by atoms with van der Waals surface area (Å²) < 4.78 is 4.87. The number of ether oxygens (including phenoxy) is 1. The van der Waals surface area contributed by atoms with E-state index in [0.717, 1.165) is 32.0 Å². The van der Waals surface area contributed by atoms with Crippen LogP contribution in [0.15, 0.2) is 18.3 Å². The summed E-state index contributed by atoms with van der Waals surface area (Å²) in [6.45, 7) is 7.57. The van der Waals surface area contributed by atoms with E-state index in [2.05, 4.69) is 35.1 Å². The molecule has 5 heteroatoms. The molecule has 0 bridgehead atoms. The number of esters is 1. The minimum absolute atomic E-state index is 0.00456. The van der Waals surface area contributed by atoms with Crippen molar-refractivity contribution in [2.45, 2.75) is 20.4 Å². The van der Waals surface area contributed by atoms with Crippen LogP contribution in [0.25, 0.3) is 0 Å². The lowest BCUT2D eigenvalue weighted by Crippen LogP contribution is -2.24. The van der Waals surface area contributed by atoms with Gasteiger partial charge in [-0.05, 0) is 30.5 Å². The Morgan fingerprint density at radius 2 is 2.35 bits per heavy atom. The molecule has 0 spiro atoms. The van der Waals surface area contributed by atoms with Crippen molar-refractivity contribution in [2.24, 2.45) is 11.8 Å². The predicted molar refractivity (Wildman–Crippen MR) is 78.3 cm³/mol. The monoisotopic (exact) mass is 277 g/mol. The summed E-state index contributed by atoms with van der Waals surface area (Å²) in [6.07, 6.45) is 1.82. The number of anilines is 1. The second kappa shape index (κ2) is 6.70. The number of nitrogens with zero attached hydrogens (tertiary/aromatic N) is 2. The van der Waals surface area contributed by atoms with E-state index in [1.807, 2.05) is 12.3 Å². The normalized spacial score (nSPS) is 22.8. The van der Waals surface area contributed by atoms with Crippen LogP contribution >= 0.6 is 0 Å². The van der Waals surface area contributed by atoms with Gasteiger partial charge in [-0.3, -0.25) is 9.69 Å². The van der Waals surface area contributed by atoms with Gasteiger partial charge in [-0.2, -0.15) is 0 Å². The largest absolute Gasteiger partial charge is 0.469 e. The quantitative estimate of drug-likeness (QED) is 0.831. The first-order valence-corrected chi connectivity index (χ1v) is 7.13. The van der Waals surface area contributed by atoms with Gasteiger partial charge in [0.1, 0.15) is 5.82 Å². The van der Waals surface area contributed by atoms with Crippen LogP contribution in [0.4, 0.5) is 5.82 Å². The minimum atomic E-state index is -0.0944. The van der Waals surface area contributed by atoms with E-state index >= 15 is 0 Å². The summed E-state index contributed by atoms with van der Waals surface area (Å²) in [4.78, 5) is 18.3. The highest BCUT2D eigenvalue weighted by molar-refractivity contribution is 5.73. The Labute approximate surface area is 120 Å². The lowest BCUT2D eigenvalue weighted by Gasteiger charge is -2.16. The number of hydrogen-bond donors (Lipinski definition) is 1. The van der Waals surface area contributed by atoms with Gasteiger partial charge in [-0.15, -0.1) is 0 Å². The van der Waals surface area contributed by atoms with Crippen molar-refractivity contribution in [3.05, 3.63) is 23.9 Å². The van der Waals surface area contributed by atoms with Crippen molar-refractivity contribution >= 4 is 11.8 Å². The molecule has 1 aromatic heterocycles. The maximum absolute atomic E-state index is 11.7. The molecule has 20 heavy (non-hydrogen) atoms. The zero-order valence-corrected chi connectivity index (χ0v) is 12.4. The molecular formula is C15H23N3O2. The van der Waals surface area contributed by atoms with Gasteiger partial charge < -0.3 is 10.1 Å².